The third-order valence-electron chi connectivity index (χ3n) is 3.63. The van der Waals surface area contributed by atoms with Gasteiger partial charge in [-0.2, -0.15) is 0 Å². The normalized spacial score (nSPS) is 17.6. The van der Waals surface area contributed by atoms with Crippen LogP contribution in [-0.2, 0) is 14.3 Å². The lowest BCUT2D eigenvalue weighted by Gasteiger charge is -2.27. The summed E-state index contributed by atoms with van der Waals surface area (Å²) in [5.41, 5.74) is 0. The largest absolute Gasteiger partial charge is 0.481 e. The van der Waals surface area contributed by atoms with Gasteiger partial charge >= 0.3 is 18.0 Å². The van der Waals surface area contributed by atoms with Crippen LogP contribution in [-0.4, -0.2) is 66.2 Å². The van der Waals surface area contributed by atoms with Crippen molar-refractivity contribution < 1.29 is 24.2 Å². The number of amides is 2. The van der Waals surface area contributed by atoms with Crippen LogP contribution in [0.3, 0.4) is 0 Å². The maximum Gasteiger partial charge on any atom is 0.325 e. The Hall–Kier alpha value is -1.79. The Bertz CT molecular complexity index is 386. The Morgan fingerprint density at radius 3 is 2.67 bits per heavy atom. The number of urea groups is 1. The topological polar surface area (TPSA) is 87.2 Å². The predicted octanol–water partition coefficient (Wildman–Crippen LogP) is 1.18. The van der Waals surface area contributed by atoms with Gasteiger partial charge in [-0.25, -0.2) is 4.79 Å². The number of carboxylic acid groups (broad SMARTS) is 1. The van der Waals surface area contributed by atoms with Gasteiger partial charge in [0.2, 0.25) is 0 Å². The number of carboxylic acids is 1. The van der Waals surface area contributed by atoms with Gasteiger partial charge in [-0.3, -0.25) is 9.59 Å². The van der Waals surface area contributed by atoms with Gasteiger partial charge in [0.25, 0.3) is 0 Å². The van der Waals surface area contributed by atoms with Gasteiger partial charge in [-0.15, -0.1) is 0 Å². The average Bonchev–Trinajstić information content (AvgIpc) is 2.92. The SMILES string of the molecule is CCCN(CC(=O)OC)C(=O)N1CCC(CCC(=O)O)C1. The van der Waals surface area contributed by atoms with E-state index in [1.807, 2.05) is 6.92 Å². The molecule has 7 heteroatoms. The molecule has 120 valence electrons. The Balaban J connectivity index is 2.52. The van der Waals surface area contributed by atoms with E-state index in [9.17, 15) is 14.4 Å². The molecule has 1 saturated heterocycles. The van der Waals surface area contributed by atoms with Crippen LogP contribution in [0.15, 0.2) is 0 Å². The van der Waals surface area contributed by atoms with E-state index in [0.717, 1.165) is 12.8 Å². The molecule has 2 amide bonds. The van der Waals surface area contributed by atoms with Gasteiger partial charge in [0.05, 0.1) is 7.11 Å². The van der Waals surface area contributed by atoms with Crippen LogP contribution in [0, 0.1) is 5.92 Å². The molecule has 7 nitrogen and oxygen atoms in total. The van der Waals surface area contributed by atoms with E-state index in [1.165, 1.54) is 12.0 Å². The second kappa shape index (κ2) is 8.49. The molecule has 0 saturated carbocycles. The van der Waals surface area contributed by atoms with Crippen molar-refractivity contribution in [3.63, 3.8) is 0 Å². The highest BCUT2D eigenvalue weighted by molar-refractivity contribution is 5.81. The molecule has 0 aromatic rings. The molecule has 0 bridgehead atoms. The Kier molecular flexibility index (Phi) is 6.98. The maximum atomic E-state index is 12.4. The number of carbonyl (C=O) groups excluding carboxylic acids is 2. The molecule has 1 rings (SSSR count). The van der Waals surface area contributed by atoms with Crippen LogP contribution >= 0.6 is 0 Å². The zero-order valence-electron chi connectivity index (χ0n) is 12.7. The molecule has 1 aliphatic heterocycles. The Morgan fingerprint density at radius 1 is 1.38 bits per heavy atom. The van der Waals surface area contributed by atoms with Crippen LogP contribution in [0.25, 0.3) is 0 Å². The van der Waals surface area contributed by atoms with Gasteiger partial charge < -0.3 is 19.6 Å². The molecule has 1 unspecified atom stereocenters. The molecule has 21 heavy (non-hydrogen) atoms. The number of rotatable bonds is 7. The molecule has 1 N–H and O–H groups in total. The lowest BCUT2D eigenvalue weighted by molar-refractivity contribution is -0.141. The van der Waals surface area contributed by atoms with Crippen molar-refractivity contribution in [1.29, 1.82) is 0 Å². The van der Waals surface area contributed by atoms with E-state index in [2.05, 4.69) is 4.74 Å². The summed E-state index contributed by atoms with van der Waals surface area (Å²) < 4.78 is 4.61. The van der Waals surface area contributed by atoms with Crippen molar-refractivity contribution in [2.24, 2.45) is 5.92 Å². The van der Waals surface area contributed by atoms with E-state index in [0.29, 0.717) is 26.1 Å². The number of carbonyl (C=O) groups is 3. The predicted molar refractivity (Wildman–Crippen MR) is 75.8 cm³/mol. The minimum absolute atomic E-state index is 0.0422. The van der Waals surface area contributed by atoms with Crippen molar-refractivity contribution in [3.8, 4) is 0 Å². The number of methoxy groups -OCH3 is 1. The minimum atomic E-state index is -0.807. The first-order valence-electron chi connectivity index (χ1n) is 7.30. The quantitative estimate of drug-likeness (QED) is 0.713. The van der Waals surface area contributed by atoms with Crippen LogP contribution in [0.2, 0.25) is 0 Å². The van der Waals surface area contributed by atoms with Gasteiger partial charge in [0.15, 0.2) is 0 Å². The Labute approximate surface area is 124 Å². The summed E-state index contributed by atoms with van der Waals surface area (Å²) >= 11 is 0. The molecular weight excluding hydrogens is 276 g/mol. The lowest BCUT2D eigenvalue weighted by atomic mass is 10.0. The van der Waals surface area contributed by atoms with Crippen molar-refractivity contribution >= 4 is 18.0 Å². The lowest BCUT2D eigenvalue weighted by Crippen LogP contribution is -2.45. The molecule has 0 spiro atoms. The standard InChI is InChI=1S/C14H24N2O5/c1-3-7-15(10-13(19)21-2)14(20)16-8-6-11(9-16)4-5-12(17)18/h11H,3-10H2,1-2H3,(H,17,18). The second-order valence-electron chi connectivity index (χ2n) is 5.31. The fraction of sp³-hybridized carbons (Fsp3) is 0.786. The van der Waals surface area contributed by atoms with Crippen molar-refractivity contribution in [2.75, 3.05) is 33.3 Å². The average molecular weight is 300 g/mol. The maximum absolute atomic E-state index is 12.4. The fourth-order valence-corrected chi connectivity index (χ4v) is 2.50. The first-order chi connectivity index (χ1) is 9.97. The molecule has 1 aliphatic rings. The van der Waals surface area contributed by atoms with Gasteiger partial charge in [-0.1, -0.05) is 6.92 Å². The zero-order valence-corrected chi connectivity index (χ0v) is 12.7. The summed E-state index contributed by atoms with van der Waals surface area (Å²) in [4.78, 5) is 37.5. The number of ether oxygens (including phenoxy) is 1. The van der Waals surface area contributed by atoms with Crippen molar-refractivity contribution in [3.05, 3.63) is 0 Å². The van der Waals surface area contributed by atoms with Crippen LogP contribution < -0.4 is 0 Å². The molecule has 0 radical (unpaired) electrons. The Morgan fingerprint density at radius 2 is 2.10 bits per heavy atom. The first-order valence-corrected chi connectivity index (χ1v) is 7.30. The summed E-state index contributed by atoms with van der Waals surface area (Å²) in [6.07, 6.45) is 2.30. The third kappa shape index (κ3) is 5.61. The van der Waals surface area contributed by atoms with E-state index < -0.39 is 11.9 Å². The number of nitrogens with zero attached hydrogens (tertiary/aromatic N) is 2. The second-order valence-corrected chi connectivity index (χ2v) is 5.31. The van der Waals surface area contributed by atoms with Crippen LogP contribution in [0.4, 0.5) is 4.79 Å². The van der Waals surface area contributed by atoms with Crippen molar-refractivity contribution in [1.82, 2.24) is 9.80 Å². The first kappa shape index (κ1) is 17.3. The summed E-state index contributed by atoms with van der Waals surface area (Å²) in [7, 11) is 1.30. The molecule has 1 fully saturated rings. The van der Waals surface area contributed by atoms with Gasteiger partial charge in [0, 0.05) is 26.1 Å². The molecule has 1 heterocycles. The molecular formula is C14H24N2O5. The molecule has 0 aliphatic carbocycles. The fourth-order valence-electron chi connectivity index (χ4n) is 2.50. The number of esters is 1. The summed E-state index contributed by atoms with van der Waals surface area (Å²) in [5, 5.41) is 8.69. The van der Waals surface area contributed by atoms with Gasteiger partial charge in [0.1, 0.15) is 6.54 Å². The van der Waals surface area contributed by atoms with E-state index in [1.54, 1.807) is 4.90 Å². The van der Waals surface area contributed by atoms with E-state index >= 15 is 0 Å². The summed E-state index contributed by atoms with van der Waals surface area (Å²) in [6, 6.07) is -0.167. The highest BCUT2D eigenvalue weighted by Crippen LogP contribution is 2.22. The van der Waals surface area contributed by atoms with Crippen LogP contribution in [0.1, 0.15) is 32.6 Å². The van der Waals surface area contributed by atoms with E-state index in [-0.39, 0.29) is 24.9 Å². The van der Waals surface area contributed by atoms with Crippen molar-refractivity contribution in [2.45, 2.75) is 32.6 Å². The zero-order chi connectivity index (χ0) is 15.8. The summed E-state index contributed by atoms with van der Waals surface area (Å²) in [5.74, 6) is -1.01. The number of aliphatic carboxylic acids is 1. The minimum Gasteiger partial charge on any atom is -0.481 e. The third-order valence-corrected chi connectivity index (χ3v) is 3.63. The smallest absolute Gasteiger partial charge is 0.325 e. The number of likely N-dealkylation sites (tertiary alicyclic amines) is 1. The van der Waals surface area contributed by atoms with E-state index in [4.69, 9.17) is 5.11 Å². The molecule has 1 atom stereocenters. The monoisotopic (exact) mass is 300 g/mol. The van der Waals surface area contributed by atoms with Crippen LogP contribution in [0.5, 0.6) is 0 Å². The number of hydrogen-bond donors (Lipinski definition) is 1. The highest BCUT2D eigenvalue weighted by atomic mass is 16.5. The summed E-state index contributed by atoms with van der Waals surface area (Å²) in [6.45, 7) is 3.58. The molecule has 0 aromatic heterocycles. The molecule has 0 aromatic carbocycles. The highest BCUT2D eigenvalue weighted by Gasteiger charge is 2.30. The number of hydrogen-bond acceptors (Lipinski definition) is 4. The van der Waals surface area contributed by atoms with Gasteiger partial charge in [-0.05, 0) is 25.2 Å².